The third-order valence-corrected chi connectivity index (χ3v) is 6.44. The van der Waals surface area contributed by atoms with Crippen molar-refractivity contribution < 1.29 is 14.3 Å². The Morgan fingerprint density at radius 2 is 2.03 bits per heavy atom. The lowest BCUT2D eigenvalue weighted by Gasteiger charge is -2.16. The first-order valence-electron chi connectivity index (χ1n) is 9.01. The fourth-order valence-electron chi connectivity index (χ4n) is 2.52. The van der Waals surface area contributed by atoms with Gasteiger partial charge in [-0.25, -0.2) is 10.2 Å². The Hall–Kier alpha value is -1.78. The van der Waals surface area contributed by atoms with Crippen molar-refractivity contribution in [2.45, 2.75) is 13.3 Å². The number of thiocarbonyl (C=S) groups is 1. The van der Waals surface area contributed by atoms with Gasteiger partial charge in [-0.05, 0) is 61.1 Å². The molecule has 31 heavy (non-hydrogen) atoms. The van der Waals surface area contributed by atoms with Gasteiger partial charge in [-0.1, -0.05) is 57.8 Å². The Labute approximate surface area is 207 Å². The van der Waals surface area contributed by atoms with E-state index in [2.05, 4.69) is 26.7 Å². The largest absolute Gasteiger partial charge is 0.493 e. The van der Waals surface area contributed by atoms with Gasteiger partial charge in [0.05, 0.1) is 21.6 Å². The quantitative estimate of drug-likeness (QED) is 0.312. The predicted octanol–water partition coefficient (Wildman–Crippen LogP) is 6.48. The van der Waals surface area contributed by atoms with E-state index in [1.165, 1.54) is 6.07 Å². The zero-order valence-electron chi connectivity index (χ0n) is 16.1. The van der Waals surface area contributed by atoms with E-state index in [0.717, 1.165) is 33.2 Å². The van der Waals surface area contributed by atoms with Crippen molar-refractivity contribution in [3.8, 4) is 5.75 Å². The number of urea groups is 1. The minimum absolute atomic E-state index is 0.201. The molecule has 1 aliphatic heterocycles. The normalized spacial score (nSPS) is 14.8. The van der Waals surface area contributed by atoms with Crippen molar-refractivity contribution in [2.24, 2.45) is 0 Å². The number of hydrogen-bond acceptors (Lipinski definition) is 5. The lowest BCUT2D eigenvalue weighted by molar-refractivity contribution is -0.123. The second-order valence-corrected chi connectivity index (χ2v) is 9.65. The van der Waals surface area contributed by atoms with Crippen LogP contribution in [0.1, 0.15) is 18.9 Å². The van der Waals surface area contributed by atoms with Crippen molar-refractivity contribution >= 4 is 91.1 Å². The summed E-state index contributed by atoms with van der Waals surface area (Å²) in [6.45, 7) is 2.57. The number of hydrogen-bond donors (Lipinski definition) is 2. The molecule has 1 aliphatic rings. The van der Waals surface area contributed by atoms with Crippen LogP contribution in [0.5, 0.6) is 5.75 Å². The SMILES string of the molecule is CCCOc1ccc(Br)cc1/C=C1/SC(=S)N(NC(=O)Nc2ccc(Cl)c(Cl)c2)C1=O. The number of halogens is 3. The van der Waals surface area contributed by atoms with Crippen LogP contribution < -0.4 is 15.5 Å². The van der Waals surface area contributed by atoms with Gasteiger partial charge < -0.3 is 10.1 Å². The van der Waals surface area contributed by atoms with Gasteiger partial charge in [0.25, 0.3) is 5.91 Å². The topological polar surface area (TPSA) is 70.7 Å². The molecule has 6 nitrogen and oxygen atoms in total. The van der Waals surface area contributed by atoms with E-state index in [1.807, 2.05) is 25.1 Å². The van der Waals surface area contributed by atoms with Crippen LogP contribution in [0.2, 0.25) is 10.0 Å². The smallest absolute Gasteiger partial charge is 0.338 e. The molecule has 11 heteroatoms. The van der Waals surface area contributed by atoms with E-state index in [0.29, 0.717) is 33.0 Å². The highest BCUT2D eigenvalue weighted by atomic mass is 79.9. The Morgan fingerprint density at radius 1 is 1.26 bits per heavy atom. The molecule has 0 aromatic heterocycles. The molecule has 2 N–H and O–H groups in total. The van der Waals surface area contributed by atoms with Gasteiger partial charge in [0.2, 0.25) is 0 Å². The van der Waals surface area contributed by atoms with Gasteiger partial charge in [0.15, 0.2) is 4.32 Å². The number of rotatable bonds is 6. The van der Waals surface area contributed by atoms with Crippen molar-refractivity contribution in [2.75, 3.05) is 11.9 Å². The third kappa shape index (κ3) is 6.14. The molecule has 0 bridgehead atoms. The fraction of sp³-hybridized carbons (Fsp3) is 0.150. The first-order valence-corrected chi connectivity index (χ1v) is 11.8. The van der Waals surface area contributed by atoms with Crippen LogP contribution in [0.3, 0.4) is 0 Å². The van der Waals surface area contributed by atoms with Crippen LogP contribution in [0.15, 0.2) is 45.8 Å². The number of hydrazine groups is 1. The molecule has 1 saturated heterocycles. The highest BCUT2D eigenvalue weighted by Crippen LogP contribution is 2.34. The monoisotopic (exact) mass is 559 g/mol. The van der Waals surface area contributed by atoms with Crippen LogP contribution in [0, 0.1) is 0 Å². The van der Waals surface area contributed by atoms with Gasteiger partial charge in [0, 0.05) is 15.7 Å². The minimum Gasteiger partial charge on any atom is -0.493 e. The molecule has 3 amide bonds. The lowest BCUT2D eigenvalue weighted by Crippen LogP contribution is -2.46. The Balaban J connectivity index is 1.74. The zero-order valence-corrected chi connectivity index (χ0v) is 20.8. The molecular formula is C20H16BrCl2N3O3S2. The van der Waals surface area contributed by atoms with Crippen molar-refractivity contribution in [3.63, 3.8) is 0 Å². The van der Waals surface area contributed by atoms with Gasteiger partial charge >= 0.3 is 6.03 Å². The van der Waals surface area contributed by atoms with Crippen LogP contribution in [0.25, 0.3) is 6.08 Å². The zero-order chi connectivity index (χ0) is 22.5. The molecule has 1 heterocycles. The Bertz CT molecular complexity index is 1080. The average molecular weight is 561 g/mol. The molecule has 2 aromatic rings. The van der Waals surface area contributed by atoms with Crippen LogP contribution in [-0.4, -0.2) is 27.9 Å². The molecule has 0 saturated carbocycles. The first-order chi connectivity index (χ1) is 14.8. The standard InChI is InChI=1S/C20H16BrCl2N3O3S2/c1-2-7-29-16-6-3-12(21)8-11(16)9-17-18(27)26(20(30)31-17)25-19(28)24-13-4-5-14(22)15(23)10-13/h3-6,8-10H,2,7H2,1H3,(H2,24,25,28)/b17-9+. The summed E-state index contributed by atoms with van der Waals surface area (Å²) in [7, 11) is 0. The predicted molar refractivity (Wildman–Crippen MR) is 134 cm³/mol. The molecule has 3 rings (SSSR count). The van der Waals surface area contributed by atoms with Gasteiger partial charge in [-0.15, -0.1) is 0 Å². The highest BCUT2D eigenvalue weighted by molar-refractivity contribution is 9.10. The molecule has 0 radical (unpaired) electrons. The summed E-state index contributed by atoms with van der Waals surface area (Å²) in [6.07, 6.45) is 2.54. The maximum Gasteiger partial charge on any atom is 0.338 e. The Morgan fingerprint density at radius 3 is 2.74 bits per heavy atom. The van der Waals surface area contributed by atoms with E-state index >= 15 is 0 Å². The number of anilines is 1. The van der Waals surface area contributed by atoms with E-state index in [9.17, 15) is 9.59 Å². The number of ether oxygens (including phenoxy) is 1. The van der Waals surface area contributed by atoms with E-state index in [4.69, 9.17) is 40.2 Å². The fourth-order valence-corrected chi connectivity index (χ4v) is 4.36. The number of benzene rings is 2. The number of nitrogens with zero attached hydrogens (tertiary/aromatic N) is 1. The van der Waals surface area contributed by atoms with Crippen LogP contribution >= 0.6 is 63.1 Å². The summed E-state index contributed by atoms with van der Waals surface area (Å²) in [5.74, 6) is 0.210. The molecule has 0 atom stereocenters. The van der Waals surface area contributed by atoms with E-state index in [1.54, 1.807) is 18.2 Å². The van der Waals surface area contributed by atoms with Gasteiger partial charge in [0.1, 0.15) is 5.75 Å². The summed E-state index contributed by atoms with van der Waals surface area (Å²) in [5, 5.41) is 4.26. The van der Waals surface area contributed by atoms with Gasteiger partial charge in [-0.3, -0.25) is 4.79 Å². The minimum atomic E-state index is -0.648. The Kier molecular flexibility index (Phi) is 8.23. The second kappa shape index (κ2) is 10.7. The third-order valence-electron chi connectivity index (χ3n) is 3.90. The van der Waals surface area contributed by atoms with E-state index < -0.39 is 11.9 Å². The molecule has 0 aliphatic carbocycles. The number of thioether (sulfide) groups is 1. The average Bonchev–Trinajstić information content (AvgIpc) is 2.97. The number of carbonyl (C=O) groups excluding carboxylic acids is 2. The van der Waals surface area contributed by atoms with Crippen molar-refractivity contribution in [1.82, 2.24) is 10.4 Å². The summed E-state index contributed by atoms with van der Waals surface area (Å²) >= 11 is 21.6. The molecule has 162 valence electrons. The summed E-state index contributed by atoms with van der Waals surface area (Å²) < 4.78 is 6.80. The second-order valence-electron chi connectivity index (χ2n) is 6.24. The maximum atomic E-state index is 12.8. The number of carbonyl (C=O) groups is 2. The summed E-state index contributed by atoms with van der Waals surface area (Å²) in [5.41, 5.74) is 3.59. The number of amides is 3. The first kappa shape index (κ1) is 23.9. The van der Waals surface area contributed by atoms with Crippen LogP contribution in [0.4, 0.5) is 10.5 Å². The van der Waals surface area contributed by atoms with Gasteiger partial charge in [-0.2, -0.15) is 5.01 Å². The number of nitrogens with one attached hydrogen (secondary N) is 2. The highest BCUT2D eigenvalue weighted by Gasteiger charge is 2.34. The lowest BCUT2D eigenvalue weighted by atomic mass is 10.2. The molecule has 1 fully saturated rings. The maximum absolute atomic E-state index is 12.8. The molecular weight excluding hydrogens is 545 g/mol. The summed E-state index contributed by atoms with van der Waals surface area (Å²) in [4.78, 5) is 25.5. The van der Waals surface area contributed by atoms with Crippen molar-refractivity contribution in [1.29, 1.82) is 0 Å². The summed E-state index contributed by atoms with van der Waals surface area (Å²) in [6, 6.07) is 9.53. The van der Waals surface area contributed by atoms with Crippen LogP contribution in [-0.2, 0) is 4.79 Å². The molecule has 0 unspecified atom stereocenters. The van der Waals surface area contributed by atoms with E-state index in [-0.39, 0.29) is 4.32 Å². The molecule has 0 spiro atoms. The molecule has 2 aromatic carbocycles. The van der Waals surface area contributed by atoms with Crippen molar-refractivity contribution in [3.05, 3.63) is 61.4 Å².